The van der Waals surface area contributed by atoms with E-state index in [-0.39, 0.29) is 5.78 Å². The number of hydrogen-bond acceptors (Lipinski definition) is 3. The molecule has 0 atom stereocenters. The lowest BCUT2D eigenvalue weighted by Gasteiger charge is -2.06. The van der Waals surface area contributed by atoms with Crippen molar-refractivity contribution in [2.24, 2.45) is 0 Å². The van der Waals surface area contributed by atoms with Crippen LogP contribution in [0.4, 0.5) is 11.4 Å². The van der Waals surface area contributed by atoms with Crippen LogP contribution in [0.15, 0.2) is 48.5 Å². The minimum Gasteiger partial charge on any atom is -0.388 e. The van der Waals surface area contributed by atoms with Crippen LogP contribution in [0.3, 0.4) is 0 Å². The molecule has 2 N–H and O–H groups in total. The highest BCUT2D eigenvalue weighted by atomic mass is 16.1. The molecule has 3 nitrogen and oxygen atoms in total. The Bertz CT molecular complexity index is 514. The number of anilines is 2. The third-order valence-electron chi connectivity index (χ3n) is 2.83. The van der Waals surface area contributed by atoms with E-state index >= 15 is 0 Å². The lowest BCUT2D eigenvalue weighted by atomic mass is 10.0. The highest BCUT2D eigenvalue weighted by molar-refractivity contribution is 6.09. The van der Waals surface area contributed by atoms with Crippen molar-refractivity contribution in [3.8, 4) is 0 Å². The predicted octanol–water partition coefficient (Wildman–Crippen LogP) is 3.00. The summed E-state index contributed by atoms with van der Waals surface area (Å²) < 4.78 is 0. The summed E-state index contributed by atoms with van der Waals surface area (Å²) in [6.07, 6.45) is 0. The topological polar surface area (TPSA) is 41.1 Å². The molecule has 0 heterocycles. The molecule has 0 radical (unpaired) electrons. The number of ketones is 1. The van der Waals surface area contributed by atoms with Gasteiger partial charge in [0.1, 0.15) is 0 Å². The van der Waals surface area contributed by atoms with Gasteiger partial charge < -0.3 is 10.6 Å². The van der Waals surface area contributed by atoms with Crippen LogP contribution in [0.1, 0.15) is 15.9 Å². The SMILES string of the molecule is CNc1cccc(C(=O)c2cccc(NC)c2)c1. The molecular formula is C15H16N2O. The van der Waals surface area contributed by atoms with Gasteiger partial charge in [0.05, 0.1) is 0 Å². The molecule has 3 heteroatoms. The molecule has 0 aliphatic heterocycles. The summed E-state index contributed by atoms with van der Waals surface area (Å²) in [5, 5.41) is 6.06. The van der Waals surface area contributed by atoms with E-state index in [1.165, 1.54) is 0 Å². The Labute approximate surface area is 107 Å². The molecule has 2 aromatic carbocycles. The number of carbonyl (C=O) groups is 1. The quantitative estimate of drug-likeness (QED) is 0.807. The van der Waals surface area contributed by atoms with Crippen molar-refractivity contribution in [1.29, 1.82) is 0 Å². The highest BCUT2D eigenvalue weighted by Crippen LogP contribution is 2.17. The fraction of sp³-hybridized carbons (Fsp3) is 0.133. The van der Waals surface area contributed by atoms with Crippen LogP contribution in [0, 0.1) is 0 Å². The third-order valence-corrected chi connectivity index (χ3v) is 2.83. The first kappa shape index (κ1) is 12.2. The zero-order chi connectivity index (χ0) is 13.0. The number of nitrogens with one attached hydrogen (secondary N) is 2. The number of rotatable bonds is 4. The van der Waals surface area contributed by atoms with E-state index in [9.17, 15) is 4.79 Å². The first-order chi connectivity index (χ1) is 8.74. The van der Waals surface area contributed by atoms with Gasteiger partial charge in [0.25, 0.3) is 0 Å². The molecule has 0 bridgehead atoms. The summed E-state index contributed by atoms with van der Waals surface area (Å²) in [6, 6.07) is 15.0. The maximum Gasteiger partial charge on any atom is 0.193 e. The normalized spacial score (nSPS) is 9.89. The summed E-state index contributed by atoms with van der Waals surface area (Å²) in [5.41, 5.74) is 3.25. The second-order valence-corrected chi connectivity index (χ2v) is 3.99. The highest BCUT2D eigenvalue weighted by Gasteiger charge is 2.09. The first-order valence-corrected chi connectivity index (χ1v) is 5.85. The molecule has 0 amide bonds. The monoisotopic (exact) mass is 240 g/mol. The van der Waals surface area contributed by atoms with Crippen molar-refractivity contribution in [1.82, 2.24) is 0 Å². The standard InChI is InChI=1S/C15H16N2O/c1-16-13-7-3-5-11(9-13)15(18)12-6-4-8-14(10-12)17-2/h3-10,16-17H,1-2H3. The van der Waals surface area contributed by atoms with Gasteiger partial charge in [-0.25, -0.2) is 0 Å². The maximum atomic E-state index is 12.3. The Morgan fingerprint density at radius 1 is 0.833 bits per heavy atom. The van der Waals surface area contributed by atoms with Crippen LogP contribution in [0.25, 0.3) is 0 Å². The van der Waals surface area contributed by atoms with E-state index in [1.54, 1.807) is 0 Å². The van der Waals surface area contributed by atoms with Gasteiger partial charge in [-0.05, 0) is 24.3 Å². The van der Waals surface area contributed by atoms with Gasteiger partial charge in [-0.15, -0.1) is 0 Å². The largest absolute Gasteiger partial charge is 0.388 e. The number of benzene rings is 2. The average Bonchev–Trinajstić information content (AvgIpc) is 2.46. The molecule has 0 fully saturated rings. The molecule has 0 unspecified atom stereocenters. The molecule has 0 aliphatic rings. The summed E-state index contributed by atoms with van der Waals surface area (Å²) in [4.78, 5) is 12.3. The summed E-state index contributed by atoms with van der Waals surface area (Å²) in [6.45, 7) is 0. The predicted molar refractivity (Wildman–Crippen MR) is 75.4 cm³/mol. The molecule has 18 heavy (non-hydrogen) atoms. The fourth-order valence-electron chi connectivity index (χ4n) is 1.80. The van der Waals surface area contributed by atoms with Gasteiger partial charge in [-0.3, -0.25) is 4.79 Å². The van der Waals surface area contributed by atoms with E-state index in [0.29, 0.717) is 11.1 Å². The lowest BCUT2D eigenvalue weighted by molar-refractivity contribution is 0.103. The molecule has 0 aliphatic carbocycles. The van der Waals surface area contributed by atoms with Crippen molar-refractivity contribution in [3.63, 3.8) is 0 Å². The van der Waals surface area contributed by atoms with Gasteiger partial charge in [-0.1, -0.05) is 24.3 Å². The second-order valence-electron chi connectivity index (χ2n) is 3.99. The van der Waals surface area contributed by atoms with Crippen molar-refractivity contribution >= 4 is 17.2 Å². The van der Waals surface area contributed by atoms with Gasteiger partial charge in [0, 0.05) is 36.6 Å². The fourth-order valence-corrected chi connectivity index (χ4v) is 1.80. The molecular weight excluding hydrogens is 224 g/mol. The van der Waals surface area contributed by atoms with E-state index in [1.807, 2.05) is 62.6 Å². The molecule has 0 spiro atoms. The molecule has 0 saturated carbocycles. The Hall–Kier alpha value is -2.29. The van der Waals surface area contributed by atoms with Crippen LogP contribution in [0.2, 0.25) is 0 Å². The number of hydrogen-bond donors (Lipinski definition) is 2. The second kappa shape index (κ2) is 5.36. The Kier molecular flexibility index (Phi) is 3.63. The molecule has 2 aromatic rings. The smallest absolute Gasteiger partial charge is 0.193 e. The first-order valence-electron chi connectivity index (χ1n) is 5.85. The van der Waals surface area contributed by atoms with Crippen molar-refractivity contribution in [3.05, 3.63) is 59.7 Å². The lowest BCUT2D eigenvalue weighted by Crippen LogP contribution is -2.02. The minimum atomic E-state index is 0.0317. The van der Waals surface area contributed by atoms with Crippen LogP contribution < -0.4 is 10.6 Å². The van der Waals surface area contributed by atoms with Crippen molar-refractivity contribution in [2.45, 2.75) is 0 Å². The van der Waals surface area contributed by atoms with Gasteiger partial charge in [-0.2, -0.15) is 0 Å². The Morgan fingerprint density at radius 2 is 1.28 bits per heavy atom. The minimum absolute atomic E-state index is 0.0317. The van der Waals surface area contributed by atoms with Crippen LogP contribution in [-0.2, 0) is 0 Å². The van der Waals surface area contributed by atoms with Crippen LogP contribution in [-0.4, -0.2) is 19.9 Å². The van der Waals surface area contributed by atoms with Crippen molar-refractivity contribution in [2.75, 3.05) is 24.7 Å². The van der Waals surface area contributed by atoms with E-state index in [0.717, 1.165) is 11.4 Å². The van der Waals surface area contributed by atoms with Crippen molar-refractivity contribution < 1.29 is 4.79 Å². The van der Waals surface area contributed by atoms with Crippen LogP contribution in [0.5, 0.6) is 0 Å². The van der Waals surface area contributed by atoms with E-state index in [4.69, 9.17) is 0 Å². The molecule has 92 valence electrons. The molecule has 0 saturated heterocycles. The summed E-state index contributed by atoms with van der Waals surface area (Å²) in [7, 11) is 3.68. The maximum absolute atomic E-state index is 12.3. The zero-order valence-corrected chi connectivity index (χ0v) is 10.5. The molecule has 0 aromatic heterocycles. The summed E-state index contributed by atoms with van der Waals surface area (Å²) >= 11 is 0. The number of carbonyl (C=O) groups excluding carboxylic acids is 1. The Balaban J connectivity index is 2.34. The van der Waals surface area contributed by atoms with E-state index < -0.39 is 0 Å². The summed E-state index contributed by atoms with van der Waals surface area (Å²) in [5.74, 6) is 0.0317. The Morgan fingerprint density at radius 3 is 1.67 bits per heavy atom. The van der Waals surface area contributed by atoms with Gasteiger partial charge in [0.2, 0.25) is 0 Å². The third kappa shape index (κ3) is 2.51. The van der Waals surface area contributed by atoms with Gasteiger partial charge in [0.15, 0.2) is 5.78 Å². The van der Waals surface area contributed by atoms with E-state index in [2.05, 4.69) is 10.6 Å². The van der Waals surface area contributed by atoms with Crippen LogP contribution >= 0.6 is 0 Å². The zero-order valence-electron chi connectivity index (χ0n) is 10.5. The molecule has 2 rings (SSSR count). The van der Waals surface area contributed by atoms with Gasteiger partial charge >= 0.3 is 0 Å². The average molecular weight is 240 g/mol.